The van der Waals surface area contributed by atoms with Gasteiger partial charge in [0, 0.05) is 50.1 Å². The van der Waals surface area contributed by atoms with Crippen molar-refractivity contribution in [1.82, 2.24) is 20.3 Å². The van der Waals surface area contributed by atoms with Crippen LogP contribution in [0.4, 0.5) is 0 Å². The highest BCUT2D eigenvalue weighted by Gasteiger charge is 2.34. The van der Waals surface area contributed by atoms with Crippen molar-refractivity contribution < 1.29 is 27.5 Å². The summed E-state index contributed by atoms with van der Waals surface area (Å²) < 4.78 is 39.7. The van der Waals surface area contributed by atoms with E-state index in [-0.39, 0.29) is 42.2 Å². The van der Waals surface area contributed by atoms with E-state index >= 15 is 0 Å². The Morgan fingerprint density at radius 2 is 1.84 bits per heavy atom. The standard InChI is InChI=1S/C27H38N4O6S/c1-19(2)31(27(33)22-10-11-25(36-4)26(14-22)37-13-12-29-20(3)32)17-23-15-28-16-24(23)30-38(34,35)18-21-8-6-5-7-9-21/h5-11,14,19,23-24,28,30H,12-13,15-18H2,1-4H3,(H,29,32). The first-order chi connectivity index (χ1) is 18.1. The van der Waals surface area contributed by atoms with Gasteiger partial charge in [0.2, 0.25) is 15.9 Å². The van der Waals surface area contributed by atoms with E-state index in [0.29, 0.717) is 43.2 Å². The van der Waals surface area contributed by atoms with Gasteiger partial charge < -0.3 is 25.0 Å². The molecule has 0 aliphatic carbocycles. The number of carbonyl (C=O) groups is 2. The highest BCUT2D eigenvalue weighted by molar-refractivity contribution is 7.88. The van der Waals surface area contributed by atoms with Crippen molar-refractivity contribution in [2.75, 3.05) is 39.9 Å². The monoisotopic (exact) mass is 546 g/mol. The van der Waals surface area contributed by atoms with Gasteiger partial charge in [-0.1, -0.05) is 30.3 Å². The van der Waals surface area contributed by atoms with E-state index in [2.05, 4.69) is 15.4 Å². The predicted molar refractivity (Wildman–Crippen MR) is 146 cm³/mol. The second-order valence-corrected chi connectivity index (χ2v) is 11.4. The van der Waals surface area contributed by atoms with Crippen LogP contribution in [0, 0.1) is 5.92 Å². The summed E-state index contributed by atoms with van der Waals surface area (Å²) in [5.74, 6) is 0.347. The summed E-state index contributed by atoms with van der Waals surface area (Å²) >= 11 is 0. The Hall–Kier alpha value is -3.15. The molecule has 2 aromatic rings. The molecule has 0 bridgehead atoms. The summed E-state index contributed by atoms with van der Waals surface area (Å²) in [6.07, 6.45) is 0. The van der Waals surface area contributed by atoms with E-state index in [0.717, 1.165) is 5.56 Å². The molecule has 0 spiro atoms. The lowest BCUT2D eigenvalue weighted by Crippen LogP contribution is -2.47. The second kappa shape index (κ2) is 13.6. The SMILES string of the molecule is COc1ccc(C(=O)N(CC2CNCC2NS(=O)(=O)Cc2ccccc2)C(C)C)cc1OCCNC(C)=O. The zero-order valence-corrected chi connectivity index (χ0v) is 23.2. The third-order valence-electron chi connectivity index (χ3n) is 6.33. The normalized spacial score (nSPS) is 17.3. The van der Waals surface area contributed by atoms with Gasteiger partial charge in [0.1, 0.15) is 6.61 Å². The number of ether oxygens (including phenoxy) is 2. The molecule has 2 aromatic carbocycles. The fourth-order valence-corrected chi connectivity index (χ4v) is 5.84. The van der Waals surface area contributed by atoms with Gasteiger partial charge in [0.15, 0.2) is 11.5 Å². The summed E-state index contributed by atoms with van der Waals surface area (Å²) in [5.41, 5.74) is 1.15. The fraction of sp³-hybridized carbons (Fsp3) is 0.481. The molecule has 11 heteroatoms. The smallest absolute Gasteiger partial charge is 0.254 e. The minimum absolute atomic E-state index is 0.0968. The average molecular weight is 547 g/mol. The van der Waals surface area contributed by atoms with Gasteiger partial charge >= 0.3 is 0 Å². The first kappa shape index (κ1) is 29.4. The maximum absolute atomic E-state index is 13.6. The zero-order valence-electron chi connectivity index (χ0n) is 22.4. The van der Waals surface area contributed by atoms with Crippen LogP contribution < -0.4 is 24.8 Å². The predicted octanol–water partition coefficient (Wildman–Crippen LogP) is 1.77. The summed E-state index contributed by atoms with van der Waals surface area (Å²) in [5, 5.41) is 5.92. The molecule has 1 heterocycles. The quantitative estimate of drug-likeness (QED) is 0.327. The Labute approximate surface area is 225 Å². The topological polar surface area (TPSA) is 126 Å². The van der Waals surface area contributed by atoms with Crippen molar-refractivity contribution in [2.45, 2.75) is 38.6 Å². The molecule has 3 N–H and O–H groups in total. The Kier molecular flexibility index (Phi) is 10.5. The third kappa shape index (κ3) is 8.44. The van der Waals surface area contributed by atoms with E-state index in [4.69, 9.17) is 9.47 Å². The molecule has 0 radical (unpaired) electrons. The molecule has 208 valence electrons. The second-order valence-electron chi connectivity index (χ2n) is 9.64. The molecule has 1 fully saturated rings. The van der Waals surface area contributed by atoms with Gasteiger partial charge in [-0.05, 0) is 37.6 Å². The van der Waals surface area contributed by atoms with Crippen LogP contribution in [0.1, 0.15) is 36.7 Å². The third-order valence-corrected chi connectivity index (χ3v) is 7.71. The van der Waals surface area contributed by atoms with Gasteiger partial charge in [0.05, 0.1) is 19.4 Å². The minimum Gasteiger partial charge on any atom is -0.493 e. The number of nitrogens with one attached hydrogen (secondary N) is 3. The van der Waals surface area contributed by atoms with Crippen LogP contribution in [0.5, 0.6) is 11.5 Å². The fourth-order valence-electron chi connectivity index (χ4n) is 4.39. The number of sulfonamides is 1. The molecule has 2 amide bonds. The number of hydrogen-bond donors (Lipinski definition) is 3. The number of hydrogen-bond acceptors (Lipinski definition) is 7. The van der Waals surface area contributed by atoms with Crippen molar-refractivity contribution in [1.29, 1.82) is 0 Å². The number of carbonyl (C=O) groups excluding carboxylic acids is 2. The highest BCUT2D eigenvalue weighted by Crippen LogP contribution is 2.29. The average Bonchev–Trinajstić information content (AvgIpc) is 3.30. The van der Waals surface area contributed by atoms with E-state index in [1.807, 2.05) is 32.0 Å². The number of benzene rings is 2. The van der Waals surface area contributed by atoms with Crippen molar-refractivity contribution in [2.24, 2.45) is 5.92 Å². The van der Waals surface area contributed by atoms with Crippen LogP contribution in [-0.2, 0) is 20.6 Å². The number of rotatable bonds is 13. The van der Waals surface area contributed by atoms with Crippen LogP contribution in [0.15, 0.2) is 48.5 Å². The van der Waals surface area contributed by atoms with Crippen LogP contribution in [0.3, 0.4) is 0 Å². The molecule has 1 saturated heterocycles. The van der Waals surface area contributed by atoms with Gasteiger partial charge in [-0.3, -0.25) is 9.59 Å². The van der Waals surface area contributed by atoms with E-state index in [1.54, 1.807) is 35.2 Å². The Morgan fingerprint density at radius 1 is 1.11 bits per heavy atom. The van der Waals surface area contributed by atoms with E-state index < -0.39 is 10.0 Å². The lowest BCUT2D eigenvalue weighted by atomic mass is 10.0. The first-order valence-corrected chi connectivity index (χ1v) is 14.4. The molecule has 3 rings (SSSR count). The van der Waals surface area contributed by atoms with Crippen molar-refractivity contribution in [3.05, 3.63) is 59.7 Å². The molecule has 2 atom stereocenters. The highest BCUT2D eigenvalue weighted by atomic mass is 32.2. The summed E-state index contributed by atoms with van der Waals surface area (Å²) in [4.78, 5) is 26.4. The van der Waals surface area contributed by atoms with Crippen molar-refractivity contribution in [3.63, 3.8) is 0 Å². The largest absolute Gasteiger partial charge is 0.493 e. The summed E-state index contributed by atoms with van der Waals surface area (Å²) in [7, 11) is -2.04. The van der Waals surface area contributed by atoms with Gasteiger partial charge in [0.25, 0.3) is 5.91 Å². The van der Waals surface area contributed by atoms with Crippen molar-refractivity contribution >= 4 is 21.8 Å². The van der Waals surface area contributed by atoms with E-state index in [9.17, 15) is 18.0 Å². The number of nitrogens with zero attached hydrogens (tertiary/aromatic N) is 1. The molecule has 0 aromatic heterocycles. The van der Waals surface area contributed by atoms with E-state index in [1.165, 1.54) is 14.0 Å². The van der Waals surface area contributed by atoms with Crippen LogP contribution in [0.25, 0.3) is 0 Å². The van der Waals surface area contributed by atoms with Crippen LogP contribution in [-0.4, -0.2) is 77.1 Å². The first-order valence-electron chi connectivity index (χ1n) is 12.7. The van der Waals surface area contributed by atoms with Crippen LogP contribution >= 0.6 is 0 Å². The van der Waals surface area contributed by atoms with Gasteiger partial charge in [-0.15, -0.1) is 0 Å². The Bertz CT molecular complexity index is 1190. The molecule has 10 nitrogen and oxygen atoms in total. The minimum atomic E-state index is -3.56. The molecule has 1 aliphatic heterocycles. The lowest BCUT2D eigenvalue weighted by molar-refractivity contribution is -0.119. The number of amides is 2. The molecule has 1 aliphatic rings. The maximum atomic E-state index is 13.6. The molecule has 2 unspecified atom stereocenters. The summed E-state index contributed by atoms with van der Waals surface area (Å²) in [6.45, 7) is 7.31. The van der Waals surface area contributed by atoms with Gasteiger partial charge in [-0.2, -0.15) is 0 Å². The summed E-state index contributed by atoms with van der Waals surface area (Å²) in [6, 6.07) is 13.6. The maximum Gasteiger partial charge on any atom is 0.254 e. The molecule has 38 heavy (non-hydrogen) atoms. The molecular formula is C27H38N4O6S. The van der Waals surface area contributed by atoms with Gasteiger partial charge in [-0.25, -0.2) is 13.1 Å². The zero-order chi connectivity index (χ0) is 27.7. The van der Waals surface area contributed by atoms with Crippen LogP contribution in [0.2, 0.25) is 0 Å². The molecule has 0 saturated carbocycles. The van der Waals surface area contributed by atoms with Crippen molar-refractivity contribution in [3.8, 4) is 11.5 Å². The Morgan fingerprint density at radius 3 is 2.50 bits per heavy atom. The Balaban J connectivity index is 1.70. The lowest BCUT2D eigenvalue weighted by Gasteiger charge is -2.32. The molecular weight excluding hydrogens is 508 g/mol. The number of methoxy groups -OCH3 is 1.